The van der Waals surface area contributed by atoms with Gasteiger partial charge in [-0.25, -0.2) is 4.79 Å². The number of rotatable bonds is 4. The van der Waals surface area contributed by atoms with Crippen LogP contribution in [0.15, 0.2) is 59.2 Å². The molecule has 7 heteroatoms. The molecule has 6 nitrogen and oxygen atoms in total. The normalized spacial score (nSPS) is 16.2. The lowest BCUT2D eigenvalue weighted by molar-refractivity contribution is -0.123. The Labute approximate surface area is 144 Å². The van der Waals surface area contributed by atoms with Crippen molar-refractivity contribution in [3.8, 4) is 0 Å². The van der Waals surface area contributed by atoms with Gasteiger partial charge in [0.1, 0.15) is 11.8 Å². The van der Waals surface area contributed by atoms with E-state index < -0.39 is 6.04 Å². The lowest BCUT2D eigenvalue weighted by atomic mass is 10.2. The van der Waals surface area contributed by atoms with E-state index in [0.717, 1.165) is 0 Å². The monoisotopic (exact) mass is 345 g/mol. The molecule has 1 aliphatic rings. The summed E-state index contributed by atoms with van der Waals surface area (Å²) in [4.78, 5) is 26.2. The van der Waals surface area contributed by atoms with Crippen molar-refractivity contribution in [1.82, 2.24) is 10.2 Å². The Morgan fingerprint density at radius 2 is 2.08 bits per heavy atom. The SMILES string of the molecule is O=C(NCc1ccco1)[C@@H]1C=CCN1C(=O)Nc1ccccc1Cl. The average molecular weight is 346 g/mol. The lowest BCUT2D eigenvalue weighted by Crippen LogP contribution is -2.47. The van der Waals surface area contributed by atoms with Gasteiger partial charge in [-0.3, -0.25) is 4.79 Å². The summed E-state index contributed by atoms with van der Waals surface area (Å²) in [6.45, 7) is 0.630. The third kappa shape index (κ3) is 3.60. The first kappa shape index (κ1) is 16.1. The molecule has 0 spiro atoms. The molecule has 24 heavy (non-hydrogen) atoms. The summed E-state index contributed by atoms with van der Waals surface area (Å²) in [5, 5.41) is 5.92. The van der Waals surface area contributed by atoms with Crippen LogP contribution in [0.5, 0.6) is 0 Å². The minimum atomic E-state index is -0.664. The van der Waals surface area contributed by atoms with Crippen molar-refractivity contribution in [3.05, 3.63) is 65.6 Å². The third-order valence-electron chi connectivity index (χ3n) is 3.62. The summed E-state index contributed by atoms with van der Waals surface area (Å²) >= 11 is 6.04. The second-order valence-electron chi connectivity index (χ2n) is 5.23. The second-order valence-corrected chi connectivity index (χ2v) is 5.64. The van der Waals surface area contributed by atoms with Gasteiger partial charge in [-0.2, -0.15) is 0 Å². The first-order valence-electron chi connectivity index (χ1n) is 7.44. The number of nitrogens with zero attached hydrogens (tertiary/aromatic N) is 1. The number of furan rings is 1. The van der Waals surface area contributed by atoms with Crippen molar-refractivity contribution in [3.63, 3.8) is 0 Å². The predicted octanol–water partition coefficient (Wildman–Crippen LogP) is 3.02. The van der Waals surface area contributed by atoms with Gasteiger partial charge in [0.25, 0.3) is 0 Å². The van der Waals surface area contributed by atoms with E-state index in [2.05, 4.69) is 10.6 Å². The number of nitrogens with one attached hydrogen (secondary N) is 2. The number of benzene rings is 1. The number of anilines is 1. The van der Waals surface area contributed by atoms with Crippen LogP contribution in [-0.2, 0) is 11.3 Å². The molecule has 1 aromatic heterocycles. The molecular formula is C17H16ClN3O3. The van der Waals surface area contributed by atoms with Crippen LogP contribution in [0.4, 0.5) is 10.5 Å². The lowest BCUT2D eigenvalue weighted by Gasteiger charge is -2.24. The molecule has 0 saturated carbocycles. The standard InChI is InChI=1S/C17H16ClN3O3/c18-13-6-1-2-7-14(13)20-17(23)21-9-3-8-15(21)16(22)19-11-12-5-4-10-24-12/h1-8,10,15H,9,11H2,(H,19,22)(H,20,23)/t15-/m0/s1. The Kier molecular flexibility index (Phi) is 4.86. The van der Waals surface area contributed by atoms with Crippen LogP contribution < -0.4 is 10.6 Å². The van der Waals surface area contributed by atoms with Gasteiger partial charge in [0.2, 0.25) is 5.91 Å². The van der Waals surface area contributed by atoms with E-state index in [0.29, 0.717) is 23.0 Å². The first-order chi connectivity index (χ1) is 11.6. The summed E-state index contributed by atoms with van der Waals surface area (Å²) in [6.07, 6.45) is 5.02. The van der Waals surface area contributed by atoms with Crippen molar-refractivity contribution in [2.45, 2.75) is 12.6 Å². The maximum absolute atomic E-state index is 12.4. The topological polar surface area (TPSA) is 74.6 Å². The Morgan fingerprint density at radius 3 is 2.83 bits per heavy atom. The number of hydrogen-bond acceptors (Lipinski definition) is 3. The fourth-order valence-electron chi connectivity index (χ4n) is 2.40. The van der Waals surface area contributed by atoms with E-state index in [-0.39, 0.29) is 18.5 Å². The van der Waals surface area contributed by atoms with Gasteiger partial charge in [0.15, 0.2) is 0 Å². The molecule has 3 rings (SSSR count). The first-order valence-corrected chi connectivity index (χ1v) is 7.82. The highest BCUT2D eigenvalue weighted by Gasteiger charge is 2.30. The summed E-state index contributed by atoms with van der Waals surface area (Å²) in [5.74, 6) is 0.381. The molecule has 2 heterocycles. The van der Waals surface area contributed by atoms with Crippen LogP contribution in [0.3, 0.4) is 0 Å². The van der Waals surface area contributed by atoms with Gasteiger partial charge in [0.05, 0.1) is 23.5 Å². The highest BCUT2D eigenvalue weighted by Crippen LogP contribution is 2.22. The molecule has 124 valence electrons. The summed E-state index contributed by atoms with van der Waals surface area (Å²) in [6, 6.07) is 9.42. The Bertz CT molecular complexity index is 758. The van der Waals surface area contributed by atoms with Crippen molar-refractivity contribution in [2.75, 3.05) is 11.9 Å². The average Bonchev–Trinajstić information content (AvgIpc) is 3.26. The predicted molar refractivity (Wildman–Crippen MR) is 90.7 cm³/mol. The minimum Gasteiger partial charge on any atom is -0.467 e. The number of amides is 3. The van der Waals surface area contributed by atoms with E-state index in [9.17, 15) is 9.59 Å². The van der Waals surface area contributed by atoms with Gasteiger partial charge >= 0.3 is 6.03 Å². The van der Waals surface area contributed by atoms with Gasteiger partial charge in [-0.1, -0.05) is 35.9 Å². The number of para-hydroxylation sites is 1. The van der Waals surface area contributed by atoms with Gasteiger partial charge < -0.3 is 20.0 Å². The molecular weight excluding hydrogens is 330 g/mol. The van der Waals surface area contributed by atoms with E-state index >= 15 is 0 Å². The van der Waals surface area contributed by atoms with Crippen molar-refractivity contribution < 1.29 is 14.0 Å². The van der Waals surface area contributed by atoms with Gasteiger partial charge in [0, 0.05) is 6.54 Å². The largest absolute Gasteiger partial charge is 0.467 e. The minimum absolute atomic E-state index is 0.269. The Hall–Kier alpha value is -2.73. The molecule has 1 atom stereocenters. The second kappa shape index (κ2) is 7.23. The zero-order valence-corrected chi connectivity index (χ0v) is 13.5. The molecule has 0 aliphatic carbocycles. The fourth-order valence-corrected chi connectivity index (χ4v) is 2.58. The number of halogens is 1. The van der Waals surface area contributed by atoms with Crippen molar-refractivity contribution in [1.29, 1.82) is 0 Å². The molecule has 0 bridgehead atoms. The molecule has 1 aliphatic heterocycles. The van der Waals surface area contributed by atoms with Crippen LogP contribution >= 0.6 is 11.6 Å². The molecule has 0 fully saturated rings. The van der Waals surface area contributed by atoms with E-state index in [1.165, 1.54) is 4.90 Å². The molecule has 2 aromatic rings. The molecule has 3 amide bonds. The molecule has 0 unspecified atom stereocenters. The zero-order chi connectivity index (χ0) is 16.9. The number of carbonyl (C=O) groups is 2. The van der Waals surface area contributed by atoms with Gasteiger partial charge in [-0.05, 0) is 24.3 Å². The van der Waals surface area contributed by atoms with Crippen LogP contribution in [0.25, 0.3) is 0 Å². The number of carbonyl (C=O) groups excluding carboxylic acids is 2. The zero-order valence-electron chi connectivity index (χ0n) is 12.7. The highest BCUT2D eigenvalue weighted by molar-refractivity contribution is 6.33. The van der Waals surface area contributed by atoms with E-state index in [1.807, 2.05) is 0 Å². The van der Waals surface area contributed by atoms with Crippen LogP contribution in [0.2, 0.25) is 5.02 Å². The number of hydrogen-bond donors (Lipinski definition) is 2. The van der Waals surface area contributed by atoms with Gasteiger partial charge in [-0.15, -0.1) is 0 Å². The third-order valence-corrected chi connectivity index (χ3v) is 3.95. The summed E-state index contributed by atoms with van der Waals surface area (Å²) < 4.78 is 5.17. The summed E-state index contributed by atoms with van der Waals surface area (Å²) in [7, 11) is 0. The van der Waals surface area contributed by atoms with Crippen LogP contribution in [0.1, 0.15) is 5.76 Å². The fraction of sp³-hybridized carbons (Fsp3) is 0.176. The maximum atomic E-state index is 12.4. The molecule has 0 saturated heterocycles. The molecule has 2 N–H and O–H groups in total. The smallest absolute Gasteiger partial charge is 0.323 e. The number of urea groups is 1. The molecule has 1 aromatic carbocycles. The molecule has 0 radical (unpaired) electrons. The van der Waals surface area contributed by atoms with Crippen molar-refractivity contribution >= 4 is 29.2 Å². The highest BCUT2D eigenvalue weighted by atomic mass is 35.5. The van der Waals surface area contributed by atoms with E-state index in [4.69, 9.17) is 16.0 Å². The van der Waals surface area contributed by atoms with Crippen molar-refractivity contribution in [2.24, 2.45) is 0 Å². The summed E-state index contributed by atoms with van der Waals surface area (Å²) in [5.41, 5.74) is 0.505. The Morgan fingerprint density at radius 1 is 1.25 bits per heavy atom. The Balaban J connectivity index is 1.61. The quantitative estimate of drug-likeness (QED) is 0.836. The van der Waals surface area contributed by atoms with Crippen LogP contribution in [-0.4, -0.2) is 29.4 Å². The van der Waals surface area contributed by atoms with E-state index in [1.54, 1.807) is 54.8 Å². The maximum Gasteiger partial charge on any atom is 0.323 e. The van der Waals surface area contributed by atoms with Crippen LogP contribution in [0, 0.1) is 0 Å².